The second-order valence-electron chi connectivity index (χ2n) is 5.98. The van der Waals surface area contributed by atoms with E-state index in [0.29, 0.717) is 11.3 Å². The van der Waals surface area contributed by atoms with E-state index >= 15 is 0 Å². The van der Waals surface area contributed by atoms with Crippen LogP contribution in [0.1, 0.15) is 15.9 Å². The quantitative estimate of drug-likeness (QED) is 0.432. The average Bonchev–Trinajstić information content (AvgIpc) is 2.75. The van der Waals surface area contributed by atoms with E-state index in [4.69, 9.17) is 26.3 Å². The van der Waals surface area contributed by atoms with E-state index in [2.05, 4.69) is 5.32 Å². The third kappa shape index (κ3) is 4.66. The molecule has 0 unspecified atom stereocenters. The lowest BCUT2D eigenvalue weighted by Gasteiger charge is -2.12. The molecule has 0 aliphatic carbocycles. The van der Waals surface area contributed by atoms with Gasteiger partial charge in [-0.2, -0.15) is 5.26 Å². The number of ether oxygens (including phenoxy) is 2. The highest BCUT2D eigenvalue weighted by Crippen LogP contribution is 2.38. The Balaban J connectivity index is 1.86. The number of nitro benzene ring substituents is 1. The van der Waals surface area contributed by atoms with Crippen LogP contribution in [-0.4, -0.2) is 17.9 Å². The Morgan fingerprint density at radius 3 is 2.57 bits per heavy atom. The first kappa shape index (κ1) is 20.6. The molecule has 0 saturated heterocycles. The Labute approximate surface area is 176 Å². The number of amides is 1. The molecular weight excluding hydrogens is 410 g/mol. The molecule has 3 aromatic carbocycles. The van der Waals surface area contributed by atoms with Crippen molar-refractivity contribution in [2.45, 2.75) is 0 Å². The maximum Gasteiger partial charge on any atom is 0.313 e. The fourth-order valence-corrected chi connectivity index (χ4v) is 2.77. The van der Waals surface area contributed by atoms with Gasteiger partial charge in [0, 0.05) is 22.3 Å². The molecule has 150 valence electrons. The number of carbonyl (C=O) groups is 1. The van der Waals surface area contributed by atoms with Crippen LogP contribution >= 0.6 is 11.6 Å². The summed E-state index contributed by atoms with van der Waals surface area (Å²) in [5, 5.41) is 23.1. The molecular formula is C21H14ClN3O5. The van der Waals surface area contributed by atoms with Crippen molar-refractivity contribution in [2.75, 3.05) is 12.4 Å². The van der Waals surface area contributed by atoms with Crippen LogP contribution in [0, 0.1) is 21.4 Å². The number of halogens is 1. The predicted molar refractivity (Wildman–Crippen MR) is 110 cm³/mol. The number of hydrogen-bond donors (Lipinski definition) is 1. The molecule has 0 radical (unpaired) electrons. The average molecular weight is 424 g/mol. The number of rotatable bonds is 6. The first-order valence-corrected chi connectivity index (χ1v) is 8.90. The highest BCUT2D eigenvalue weighted by atomic mass is 35.5. The molecule has 1 N–H and O–H groups in total. The minimum Gasteiger partial charge on any atom is -0.493 e. The van der Waals surface area contributed by atoms with Crippen LogP contribution < -0.4 is 14.8 Å². The summed E-state index contributed by atoms with van der Waals surface area (Å²) in [7, 11) is 1.39. The van der Waals surface area contributed by atoms with Crippen LogP contribution in [0.25, 0.3) is 0 Å². The van der Waals surface area contributed by atoms with E-state index in [1.54, 1.807) is 24.3 Å². The van der Waals surface area contributed by atoms with E-state index < -0.39 is 10.8 Å². The maximum absolute atomic E-state index is 12.5. The molecule has 0 heterocycles. The zero-order valence-electron chi connectivity index (χ0n) is 15.6. The lowest BCUT2D eigenvalue weighted by Crippen LogP contribution is -2.12. The van der Waals surface area contributed by atoms with Crippen molar-refractivity contribution in [3.63, 3.8) is 0 Å². The fourth-order valence-electron chi connectivity index (χ4n) is 2.60. The van der Waals surface area contributed by atoms with Crippen LogP contribution in [0.2, 0.25) is 5.02 Å². The van der Waals surface area contributed by atoms with Crippen LogP contribution in [0.3, 0.4) is 0 Å². The Hall–Kier alpha value is -4.09. The number of anilines is 1. The Morgan fingerprint density at radius 1 is 1.10 bits per heavy atom. The first-order valence-electron chi connectivity index (χ1n) is 8.52. The molecule has 1 amide bonds. The maximum atomic E-state index is 12.5. The number of hydrogen-bond acceptors (Lipinski definition) is 6. The van der Waals surface area contributed by atoms with Gasteiger partial charge < -0.3 is 14.8 Å². The van der Waals surface area contributed by atoms with Gasteiger partial charge in [0.25, 0.3) is 5.91 Å². The summed E-state index contributed by atoms with van der Waals surface area (Å²) in [6.07, 6.45) is 0. The van der Waals surface area contributed by atoms with Crippen molar-refractivity contribution < 1.29 is 19.2 Å². The molecule has 0 aliphatic rings. The van der Waals surface area contributed by atoms with Crippen molar-refractivity contribution in [1.82, 2.24) is 0 Å². The van der Waals surface area contributed by atoms with E-state index in [1.807, 2.05) is 6.07 Å². The Kier molecular flexibility index (Phi) is 6.15. The van der Waals surface area contributed by atoms with E-state index in [1.165, 1.54) is 43.5 Å². The van der Waals surface area contributed by atoms with Crippen molar-refractivity contribution in [1.29, 1.82) is 5.26 Å². The summed E-state index contributed by atoms with van der Waals surface area (Å²) in [5.41, 5.74) is 0.852. The van der Waals surface area contributed by atoms with Crippen molar-refractivity contribution in [3.05, 3.63) is 86.9 Å². The molecule has 0 bridgehead atoms. The summed E-state index contributed by atoms with van der Waals surface area (Å²) in [4.78, 5) is 23.2. The number of nitro groups is 1. The molecule has 0 atom stereocenters. The monoisotopic (exact) mass is 423 g/mol. The van der Waals surface area contributed by atoms with Gasteiger partial charge in [-0.1, -0.05) is 17.7 Å². The third-order valence-electron chi connectivity index (χ3n) is 4.01. The summed E-state index contributed by atoms with van der Waals surface area (Å²) in [6.45, 7) is 0. The number of nitrogens with one attached hydrogen (secondary N) is 1. The SMILES string of the molecule is COc1cc(C(=O)Nc2cccc(C#N)c2)ccc1Oc1ccc(Cl)cc1[N+](=O)[O-]. The molecule has 0 fully saturated rings. The van der Waals surface area contributed by atoms with Gasteiger partial charge in [0.15, 0.2) is 11.5 Å². The van der Waals surface area contributed by atoms with Gasteiger partial charge in [-0.3, -0.25) is 14.9 Å². The zero-order valence-corrected chi connectivity index (χ0v) is 16.3. The van der Waals surface area contributed by atoms with Gasteiger partial charge in [0.2, 0.25) is 5.75 Å². The molecule has 8 nitrogen and oxygen atoms in total. The molecule has 0 aromatic heterocycles. The lowest BCUT2D eigenvalue weighted by atomic mass is 10.1. The zero-order chi connectivity index (χ0) is 21.7. The van der Waals surface area contributed by atoms with Gasteiger partial charge in [-0.05, 0) is 48.5 Å². The predicted octanol–water partition coefficient (Wildman–Crippen LogP) is 5.17. The molecule has 9 heteroatoms. The van der Waals surface area contributed by atoms with Crippen molar-refractivity contribution >= 4 is 28.9 Å². The minimum absolute atomic E-state index is 0.0202. The van der Waals surface area contributed by atoms with Crippen LogP contribution in [0.5, 0.6) is 17.2 Å². The van der Waals surface area contributed by atoms with E-state index in [9.17, 15) is 14.9 Å². The number of nitrogens with zero attached hydrogens (tertiary/aromatic N) is 2. The molecule has 3 rings (SSSR count). The fraction of sp³-hybridized carbons (Fsp3) is 0.0476. The van der Waals surface area contributed by atoms with Crippen LogP contribution in [0.15, 0.2) is 60.7 Å². The minimum atomic E-state index is -0.606. The third-order valence-corrected chi connectivity index (χ3v) is 4.25. The topological polar surface area (TPSA) is 114 Å². The second-order valence-corrected chi connectivity index (χ2v) is 6.42. The first-order chi connectivity index (χ1) is 14.4. The standard InChI is InChI=1S/C21H14ClN3O5/c1-29-20-10-14(21(26)24-16-4-2-3-13(9-16)12-23)5-7-19(20)30-18-8-6-15(22)11-17(18)25(27)28/h2-11H,1H3,(H,24,26). The summed E-state index contributed by atoms with van der Waals surface area (Å²) in [6, 6.07) is 16.9. The number of methoxy groups -OCH3 is 1. The van der Waals surface area contributed by atoms with Gasteiger partial charge in [-0.15, -0.1) is 0 Å². The normalized spacial score (nSPS) is 10.0. The summed E-state index contributed by atoms with van der Waals surface area (Å²) in [5.74, 6) is -0.0516. The van der Waals surface area contributed by atoms with Crippen LogP contribution in [-0.2, 0) is 0 Å². The van der Waals surface area contributed by atoms with Crippen molar-refractivity contribution in [2.24, 2.45) is 0 Å². The molecule has 0 saturated carbocycles. The van der Waals surface area contributed by atoms with Gasteiger partial charge in [0.05, 0.1) is 23.7 Å². The van der Waals surface area contributed by atoms with E-state index in [0.717, 1.165) is 0 Å². The molecule has 3 aromatic rings. The Bertz CT molecular complexity index is 1170. The lowest BCUT2D eigenvalue weighted by molar-refractivity contribution is -0.385. The molecule has 30 heavy (non-hydrogen) atoms. The van der Waals surface area contributed by atoms with Crippen molar-refractivity contribution in [3.8, 4) is 23.3 Å². The van der Waals surface area contributed by atoms with Gasteiger partial charge >= 0.3 is 5.69 Å². The highest BCUT2D eigenvalue weighted by molar-refractivity contribution is 6.30. The Morgan fingerprint density at radius 2 is 1.87 bits per heavy atom. The molecule has 0 spiro atoms. The van der Waals surface area contributed by atoms with E-state index in [-0.39, 0.29) is 33.5 Å². The highest BCUT2D eigenvalue weighted by Gasteiger charge is 2.19. The smallest absolute Gasteiger partial charge is 0.313 e. The summed E-state index contributed by atoms with van der Waals surface area (Å²) < 4.78 is 10.9. The number of benzene rings is 3. The van der Waals surface area contributed by atoms with Gasteiger partial charge in [0.1, 0.15) is 0 Å². The second kappa shape index (κ2) is 8.94. The number of carbonyl (C=O) groups excluding carboxylic acids is 1. The number of nitriles is 1. The summed E-state index contributed by atoms with van der Waals surface area (Å²) >= 11 is 5.82. The largest absolute Gasteiger partial charge is 0.493 e. The van der Waals surface area contributed by atoms with Crippen LogP contribution in [0.4, 0.5) is 11.4 Å². The molecule has 0 aliphatic heterocycles. The van der Waals surface area contributed by atoms with Gasteiger partial charge in [-0.25, -0.2) is 0 Å².